The Morgan fingerprint density at radius 1 is 1.50 bits per heavy atom. The van der Waals surface area contributed by atoms with Crippen molar-refractivity contribution in [3.8, 4) is 5.75 Å². The van der Waals surface area contributed by atoms with Gasteiger partial charge < -0.3 is 10.1 Å². The van der Waals surface area contributed by atoms with Crippen LogP contribution < -0.4 is 10.1 Å². The molecular formula is C14H16N4O4. The first-order chi connectivity index (χ1) is 10.5. The van der Waals surface area contributed by atoms with E-state index >= 15 is 0 Å². The minimum absolute atomic E-state index is 0.158. The normalized spacial score (nSPS) is 11.7. The molecule has 0 spiro atoms. The number of carbonyl (C=O) groups excluding carboxylic acids is 1. The van der Waals surface area contributed by atoms with Crippen LogP contribution in [-0.4, -0.2) is 27.2 Å². The number of rotatable bonds is 6. The van der Waals surface area contributed by atoms with Gasteiger partial charge in [0.05, 0.1) is 17.2 Å². The molecule has 8 heteroatoms. The van der Waals surface area contributed by atoms with E-state index in [0.29, 0.717) is 18.0 Å². The highest BCUT2D eigenvalue weighted by Gasteiger charge is 2.20. The molecule has 2 aromatic rings. The summed E-state index contributed by atoms with van der Waals surface area (Å²) in [7, 11) is 0. The minimum atomic E-state index is -0.691. The van der Waals surface area contributed by atoms with Crippen LogP contribution in [0, 0.1) is 10.1 Å². The highest BCUT2D eigenvalue weighted by atomic mass is 16.6. The van der Waals surface area contributed by atoms with Gasteiger partial charge in [0.15, 0.2) is 0 Å². The standard InChI is InChI=1S/C14H16N4O4/c1-3-22-13-7-5-4-6-12(13)16-14(19)10(2)17-9-11(8-15-17)18(20)21/h4-10H,3H2,1-2H3,(H,16,19)/t10-/m1/s1. The van der Waals surface area contributed by atoms with Crippen molar-refractivity contribution in [1.82, 2.24) is 9.78 Å². The highest BCUT2D eigenvalue weighted by molar-refractivity contribution is 5.94. The Morgan fingerprint density at radius 2 is 2.23 bits per heavy atom. The fraction of sp³-hybridized carbons (Fsp3) is 0.286. The van der Waals surface area contributed by atoms with Crippen molar-refractivity contribution in [3.63, 3.8) is 0 Å². The fourth-order valence-corrected chi connectivity index (χ4v) is 1.84. The number of nitrogens with zero attached hydrogens (tertiary/aromatic N) is 3. The first-order valence-electron chi connectivity index (χ1n) is 6.74. The van der Waals surface area contributed by atoms with Gasteiger partial charge in [-0.3, -0.25) is 19.6 Å². The van der Waals surface area contributed by atoms with Crippen molar-refractivity contribution in [2.24, 2.45) is 0 Å². The van der Waals surface area contributed by atoms with E-state index in [0.717, 1.165) is 6.20 Å². The maximum absolute atomic E-state index is 12.3. The van der Waals surface area contributed by atoms with E-state index in [-0.39, 0.29) is 11.6 Å². The summed E-state index contributed by atoms with van der Waals surface area (Å²) in [6, 6.07) is 6.37. The van der Waals surface area contributed by atoms with Crippen molar-refractivity contribution >= 4 is 17.3 Å². The van der Waals surface area contributed by atoms with Gasteiger partial charge in [-0.05, 0) is 26.0 Å². The molecular weight excluding hydrogens is 288 g/mol. The summed E-state index contributed by atoms with van der Waals surface area (Å²) in [4.78, 5) is 22.3. The molecule has 0 aliphatic heterocycles. The van der Waals surface area contributed by atoms with E-state index in [1.54, 1.807) is 31.2 Å². The Morgan fingerprint density at radius 3 is 2.86 bits per heavy atom. The van der Waals surface area contributed by atoms with Gasteiger partial charge in [-0.25, -0.2) is 0 Å². The second-order valence-electron chi connectivity index (χ2n) is 4.53. The Kier molecular flexibility index (Phi) is 4.72. The lowest BCUT2D eigenvalue weighted by Gasteiger charge is -2.15. The van der Waals surface area contributed by atoms with Crippen LogP contribution in [0.25, 0.3) is 0 Å². The SMILES string of the molecule is CCOc1ccccc1NC(=O)[C@@H](C)n1cc([N+](=O)[O-])cn1. The van der Waals surface area contributed by atoms with Gasteiger partial charge in [0.1, 0.15) is 24.2 Å². The smallest absolute Gasteiger partial charge is 0.307 e. The Bertz CT molecular complexity index is 683. The first-order valence-corrected chi connectivity index (χ1v) is 6.74. The molecule has 1 atom stereocenters. The Balaban J connectivity index is 2.12. The maximum Gasteiger partial charge on any atom is 0.307 e. The number of nitro groups is 1. The van der Waals surface area contributed by atoms with Gasteiger partial charge in [0.25, 0.3) is 0 Å². The number of anilines is 1. The van der Waals surface area contributed by atoms with Gasteiger partial charge in [0, 0.05) is 0 Å². The predicted octanol–water partition coefficient (Wildman–Crippen LogP) is 2.39. The zero-order valence-corrected chi connectivity index (χ0v) is 12.2. The van der Waals surface area contributed by atoms with Crippen LogP contribution in [0.5, 0.6) is 5.75 Å². The Hall–Kier alpha value is -2.90. The number of para-hydroxylation sites is 2. The van der Waals surface area contributed by atoms with Gasteiger partial charge >= 0.3 is 5.69 Å². The van der Waals surface area contributed by atoms with E-state index < -0.39 is 11.0 Å². The molecule has 116 valence electrons. The van der Waals surface area contributed by atoms with Gasteiger partial charge in [-0.1, -0.05) is 12.1 Å². The molecule has 1 aromatic heterocycles. The van der Waals surface area contributed by atoms with Crippen LogP contribution in [0.4, 0.5) is 11.4 Å². The molecule has 1 amide bonds. The molecule has 1 N–H and O–H groups in total. The summed E-state index contributed by atoms with van der Waals surface area (Å²) in [6.45, 7) is 3.94. The Labute approximate surface area is 126 Å². The van der Waals surface area contributed by atoms with Crippen LogP contribution in [0.3, 0.4) is 0 Å². The van der Waals surface area contributed by atoms with E-state index in [1.807, 2.05) is 6.92 Å². The molecule has 0 bridgehead atoms. The van der Waals surface area contributed by atoms with Gasteiger partial charge in [-0.15, -0.1) is 0 Å². The summed E-state index contributed by atoms with van der Waals surface area (Å²) in [6.07, 6.45) is 2.33. The molecule has 0 aliphatic rings. The molecule has 0 saturated carbocycles. The zero-order chi connectivity index (χ0) is 16.1. The van der Waals surface area contributed by atoms with Crippen molar-refractivity contribution in [2.75, 3.05) is 11.9 Å². The molecule has 8 nitrogen and oxygen atoms in total. The van der Waals surface area contributed by atoms with Gasteiger partial charge in [-0.2, -0.15) is 5.10 Å². The highest BCUT2D eigenvalue weighted by Crippen LogP contribution is 2.25. The first kappa shape index (κ1) is 15.5. The average Bonchev–Trinajstić information content (AvgIpc) is 2.98. The average molecular weight is 304 g/mol. The van der Waals surface area contributed by atoms with Crippen LogP contribution in [-0.2, 0) is 4.79 Å². The minimum Gasteiger partial charge on any atom is -0.492 e. The lowest BCUT2D eigenvalue weighted by molar-refractivity contribution is -0.385. The maximum atomic E-state index is 12.3. The molecule has 22 heavy (non-hydrogen) atoms. The van der Waals surface area contributed by atoms with E-state index in [9.17, 15) is 14.9 Å². The number of hydrogen-bond acceptors (Lipinski definition) is 5. The zero-order valence-electron chi connectivity index (χ0n) is 12.2. The number of benzene rings is 1. The number of ether oxygens (including phenoxy) is 1. The topological polar surface area (TPSA) is 99.3 Å². The third kappa shape index (κ3) is 3.40. The lowest BCUT2D eigenvalue weighted by atomic mass is 10.2. The molecule has 0 radical (unpaired) electrons. The van der Waals surface area contributed by atoms with E-state index in [1.165, 1.54) is 10.9 Å². The fourth-order valence-electron chi connectivity index (χ4n) is 1.84. The lowest BCUT2D eigenvalue weighted by Crippen LogP contribution is -2.24. The molecule has 2 rings (SSSR count). The third-order valence-corrected chi connectivity index (χ3v) is 3.02. The third-order valence-electron chi connectivity index (χ3n) is 3.02. The second kappa shape index (κ2) is 6.70. The summed E-state index contributed by atoms with van der Waals surface area (Å²) in [5.74, 6) is 0.224. The quantitative estimate of drug-likeness (QED) is 0.652. The van der Waals surface area contributed by atoms with Crippen LogP contribution in [0.1, 0.15) is 19.9 Å². The summed E-state index contributed by atoms with van der Waals surface area (Å²) in [5.41, 5.74) is 0.386. The van der Waals surface area contributed by atoms with Crippen molar-refractivity contribution in [1.29, 1.82) is 0 Å². The molecule has 0 fully saturated rings. The number of carbonyl (C=O) groups is 1. The predicted molar refractivity (Wildman–Crippen MR) is 79.8 cm³/mol. The molecule has 0 unspecified atom stereocenters. The van der Waals surface area contributed by atoms with Crippen LogP contribution in [0.15, 0.2) is 36.7 Å². The van der Waals surface area contributed by atoms with Gasteiger partial charge in [0.2, 0.25) is 5.91 Å². The largest absolute Gasteiger partial charge is 0.492 e. The monoisotopic (exact) mass is 304 g/mol. The van der Waals surface area contributed by atoms with Crippen LogP contribution in [0.2, 0.25) is 0 Å². The molecule has 1 heterocycles. The number of aromatic nitrogens is 2. The second-order valence-corrected chi connectivity index (χ2v) is 4.53. The van der Waals surface area contributed by atoms with Crippen LogP contribution >= 0.6 is 0 Å². The molecule has 1 aromatic carbocycles. The van der Waals surface area contributed by atoms with Crippen molar-refractivity contribution in [3.05, 3.63) is 46.8 Å². The molecule has 0 aliphatic carbocycles. The number of hydrogen-bond donors (Lipinski definition) is 1. The molecule has 0 saturated heterocycles. The van der Waals surface area contributed by atoms with E-state index in [4.69, 9.17) is 4.74 Å². The summed E-state index contributed by atoms with van der Waals surface area (Å²) in [5, 5.41) is 17.2. The van der Waals surface area contributed by atoms with Crippen molar-refractivity contribution in [2.45, 2.75) is 19.9 Å². The van der Waals surface area contributed by atoms with E-state index in [2.05, 4.69) is 10.4 Å². The summed E-state index contributed by atoms with van der Waals surface area (Å²) < 4.78 is 6.68. The number of nitrogens with one attached hydrogen (secondary N) is 1. The summed E-state index contributed by atoms with van der Waals surface area (Å²) >= 11 is 0. The van der Waals surface area contributed by atoms with Crippen molar-refractivity contribution < 1.29 is 14.5 Å². The number of amides is 1.